The molecule has 1 aliphatic heterocycles. The van der Waals surface area contributed by atoms with Gasteiger partial charge in [-0.1, -0.05) is 19.9 Å². The maximum absolute atomic E-state index is 5.81. The minimum atomic E-state index is 0.493. The lowest BCUT2D eigenvalue weighted by Crippen LogP contribution is -2.39. The normalized spacial score (nSPS) is 25.8. The molecule has 0 aliphatic carbocycles. The van der Waals surface area contributed by atoms with Gasteiger partial charge in [0.25, 0.3) is 0 Å². The van der Waals surface area contributed by atoms with E-state index in [0.29, 0.717) is 5.88 Å². The number of piperidine rings is 1. The van der Waals surface area contributed by atoms with Crippen molar-refractivity contribution in [3.05, 3.63) is 23.9 Å². The van der Waals surface area contributed by atoms with Crippen LogP contribution in [-0.2, 0) is 5.88 Å². The third-order valence-corrected chi connectivity index (χ3v) is 3.40. The first-order valence-corrected chi connectivity index (χ1v) is 6.49. The van der Waals surface area contributed by atoms with Crippen molar-refractivity contribution in [3.8, 4) is 0 Å². The quantitative estimate of drug-likeness (QED) is 0.735. The van der Waals surface area contributed by atoms with E-state index in [4.69, 9.17) is 11.6 Å². The Hall–Kier alpha value is -0.760. The Balaban J connectivity index is 2.16. The molecule has 2 heterocycles. The molecule has 2 atom stereocenters. The molecule has 0 spiro atoms. The third-order valence-electron chi connectivity index (χ3n) is 3.12. The van der Waals surface area contributed by atoms with Gasteiger partial charge in [0.05, 0.1) is 11.6 Å². The number of nitrogens with zero attached hydrogens (tertiary/aromatic N) is 2. The lowest BCUT2D eigenvalue weighted by atomic mass is 9.92. The first-order chi connectivity index (χ1) is 7.69. The van der Waals surface area contributed by atoms with E-state index in [1.807, 2.05) is 12.1 Å². The predicted molar refractivity (Wildman–Crippen MR) is 69.0 cm³/mol. The zero-order valence-electron chi connectivity index (χ0n) is 9.99. The van der Waals surface area contributed by atoms with Gasteiger partial charge in [0.15, 0.2) is 0 Å². The van der Waals surface area contributed by atoms with Crippen molar-refractivity contribution < 1.29 is 0 Å². The van der Waals surface area contributed by atoms with Gasteiger partial charge in [-0.05, 0) is 30.4 Å². The van der Waals surface area contributed by atoms with E-state index in [-0.39, 0.29) is 0 Å². The van der Waals surface area contributed by atoms with Gasteiger partial charge in [0.1, 0.15) is 5.82 Å². The van der Waals surface area contributed by atoms with Crippen molar-refractivity contribution >= 4 is 17.4 Å². The fourth-order valence-corrected chi connectivity index (χ4v) is 2.72. The topological polar surface area (TPSA) is 16.1 Å². The van der Waals surface area contributed by atoms with E-state index < -0.39 is 0 Å². The van der Waals surface area contributed by atoms with Crippen molar-refractivity contribution in [2.75, 3.05) is 18.0 Å². The molecule has 2 nitrogen and oxygen atoms in total. The highest BCUT2D eigenvalue weighted by Gasteiger charge is 2.22. The number of rotatable bonds is 2. The minimum absolute atomic E-state index is 0.493. The molecule has 0 radical (unpaired) electrons. The van der Waals surface area contributed by atoms with Gasteiger partial charge in [-0.25, -0.2) is 4.98 Å². The van der Waals surface area contributed by atoms with Gasteiger partial charge in [-0.3, -0.25) is 0 Å². The Morgan fingerprint density at radius 3 is 2.62 bits per heavy atom. The first kappa shape index (κ1) is 11.7. The maximum Gasteiger partial charge on any atom is 0.128 e. The predicted octanol–water partition coefficient (Wildman–Crippen LogP) is 3.30. The highest BCUT2D eigenvalue weighted by Crippen LogP contribution is 2.25. The molecular formula is C13H19ClN2. The van der Waals surface area contributed by atoms with E-state index in [2.05, 4.69) is 29.8 Å². The summed E-state index contributed by atoms with van der Waals surface area (Å²) in [6.45, 7) is 6.86. The smallest absolute Gasteiger partial charge is 0.128 e. The number of alkyl halides is 1. The van der Waals surface area contributed by atoms with Gasteiger partial charge in [0.2, 0.25) is 0 Å². The molecule has 0 amide bonds. The van der Waals surface area contributed by atoms with E-state index in [1.54, 1.807) is 0 Å². The highest BCUT2D eigenvalue weighted by atomic mass is 35.5. The number of hydrogen-bond donors (Lipinski definition) is 0. The van der Waals surface area contributed by atoms with Gasteiger partial charge in [0, 0.05) is 13.1 Å². The van der Waals surface area contributed by atoms with Crippen LogP contribution < -0.4 is 4.90 Å². The summed E-state index contributed by atoms with van der Waals surface area (Å²) in [6.07, 6.45) is 1.33. The number of hydrogen-bond acceptors (Lipinski definition) is 2. The monoisotopic (exact) mass is 238 g/mol. The van der Waals surface area contributed by atoms with E-state index in [9.17, 15) is 0 Å². The molecule has 16 heavy (non-hydrogen) atoms. The van der Waals surface area contributed by atoms with Crippen LogP contribution in [0.25, 0.3) is 0 Å². The van der Waals surface area contributed by atoms with Crippen molar-refractivity contribution in [1.29, 1.82) is 0 Å². The molecule has 1 saturated heterocycles. The van der Waals surface area contributed by atoms with Crippen LogP contribution in [0.5, 0.6) is 0 Å². The molecule has 0 bridgehead atoms. The molecule has 0 N–H and O–H groups in total. The Morgan fingerprint density at radius 1 is 1.31 bits per heavy atom. The number of pyridine rings is 1. The standard InChI is InChI=1S/C13H19ClN2/c1-10-6-11(2)9-16(8-10)13-5-3-4-12(7-14)15-13/h3-5,10-11H,6-9H2,1-2H3. The van der Waals surface area contributed by atoms with E-state index in [1.165, 1.54) is 6.42 Å². The van der Waals surface area contributed by atoms with Crippen LogP contribution in [0.4, 0.5) is 5.82 Å². The largest absolute Gasteiger partial charge is 0.356 e. The molecule has 2 rings (SSSR count). The summed E-state index contributed by atoms with van der Waals surface area (Å²) in [7, 11) is 0. The minimum Gasteiger partial charge on any atom is -0.356 e. The molecule has 1 fully saturated rings. The average Bonchev–Trinajstić information content (AvgIpc) is 2.28. The number of aromatic nitrogens is 1. The Labute approximate surface area is 103 Å². The van der Waals surface area contributed by atoms with Gasteiger partial charge in [-0.15, -0.1) is 11.6 Å². The summed E-state index contributed by atoms with van der Waals surface area (Å²) in [4.78, 5) is 6.96. The number of halogens is 1. The van der Waals surface area contributed by atoms with Crippen LogP contribution in [0.1, 0.15) is 26.0 Å². The third kappa shape index (κ3) is 2.67. The second kappa shape index (κ2) is 5.05. The van der Waals surface area contributed by atoms with Gasteiger partial charge < -0.3 is 4.90 Å². The second-order valence-electron chi connectivity index (χ2n) is 4.97. The second-order valence-corrected chi connectivity index (χ2v) is 5.24. The summed E-state index contributed by atoms with van der Waals surface area (Å²) in [6, 6.07) is 6.11. The summed E-state index contributed by atoms with van der Waals surface area (Å²) in [5.74, 6) is 3.08. The zero-order chi connectivity index (χ0) is 11.5. The van der Waals surface area contributed by atoms with Crippen LogP contribution in [0, 0.1) is 11.8 Å². The molecule has 1 aromatic heterocycles. The van der Waals surface area contributed by atoms with Gasteiger partial charge >= 0.3 is 0 Å². The molecule has 88 valence electrons. The van der Waals surface area contributed by atoms with Crippen molar-refractivity contribution in [1.82, 2.24) is 4.98 Å². The van der Waals surface area contributed by atoms with E-state index >= 15 is 0 Å². The summed E-state index contributed by atoms with van der Waals surface area (Å²) in [5, 5.41) is 0. The van der Waals surface area contributed by atoms with E-state index in [0.717, 1.165) is 36.4 Å². The highest BCUT2D eigenvalue weighted by molar-refractivity contribution is 6.16. The van der Waals surface area contributed by atoms with Crippen molar-refractivity contribution in [3.63, 3.8) is 0 Å². The molecule has 3 heteroatoms. The molecule has 0 aromatic carbocycles. The van der Waals surface area contributed by atoms with Crippen molar-refractivity contribution in [2.45, 2.75) is 26.1 Å². The van der Waals surface area contributed by atoms with Crippen LogP contribution >= 0.6 is 11.6 Å². The van der Waals surface area contributed by atoms with Crippen molar-refractivity contribution in [2.24, 2.45) is 11.8 Å². The summed E-state index contributed by atoms with van der Waals surface area (Å²) >= 11 is 5.81. The van der Waals surface area contributed by atoms with Crippen LogP contribution in [0.2, 0.25) is 0 Å². The molecule has 0 saturated carbocycles. The fourth-order valence-electron chi connectivity index (χ4n) is 2.57. The molecular weight excluding hydrogens is 220 g/mol. The molecule has 1 aromatic rings. The molecule has 1 aliphatic rings. The van der Waals surface area contributed by atoms with Gasteiger partial charge in [-0.2, -0.15) is 0 Å². The molecule has 2 unspecified atom stereocenters. The first-order valence-electron chi connectivity index (χ1n) is 5.96. The van der Waals surface area contributed by atoms with Crippen LogP contribution in [0.15, 0.2) is 18.2 Å². The summed E-state index contributed by atoms with van der Waals surface area (Å²) < 4.78 is 0. The average molecular weight is 239 g/mol. The van der Waals surface area contributed by atoms with Crippen LogP contribution in [-0.4, -0.2) is 18.1 Å². The zero-order valence-corrected chi connectivity index (χ0v) is 10.7. The number of anilines is 1. The Bertz CT molecular complexity index is 344. The lowest BCUT2D eigenvalue weighted by Gasteiger charge is -2.35. The maximum atomic E-state index is 5.81. The Morgan fingerprint density at radius 2 is 2.00 bits per heavy atom. The Kier molecular flexibility index (Phi) is 3.70. The summed E-state index contributed by atoms with van der Waals surface area (Å²) in [5.41, 5.74) is 0.963. The SMILES string of the molecule is CC1CC(C)CN(c2cccc(CCl)n2)C1. The van der Waals surface area contributed by atoms with Crippen LogP contribution in [0.3, 0.4) is 0 Å². The lowest BCUT2D eigenvalue weighted by molar-refractivity contribution is 0.355. The fraction of sp³-hybridized carbons (Fsp3) is 0.615.